The fourth-order valence-corrected chi connectivity index (χ4v) is 1.90. The summed E-state index contributed by atoms with van der Waals surface area (Å²) in [6.07, 6.45) is 0.200. The standard InChI is InChI=1S/C16H17NO6/c1-10(23-16(20)14-9-21-7-8-22-14)15(19)12-3-5-13(6-4-12)17-11(2)18/h3-6,9-10H,7-8H2,1-2H3,(H,17,18)/t10-/m0/s1. The Morgan fingerprint density at radius 3 is 2.43 bits per heavy atom. The van der Waals surface area contributed by atoms with Gasteiger partial charge >= 0.3 is 5.97 Å². The molecule has 1 aromatic carbocycles. The summed E-state index contributed by atoms with van der Waals surface area (Å²) in [4.78, 5) is 35.0. The van der Waals surface area contributed by atoms with E-state index in [1.54, 1.807) is 24.3 Å². The molecule has 122 valence electrons. The minimum absolute atomic E-state index is 0.0584. The van der Waals surface area contributed by atoms with Gasteiger partial charge in [0.05, 0.1) is 0 Å². The second-order valence-electron chi connectivity index (χ2n) is 4.87. The number of ketones is 1. The molecule has 1 atom stereocenters. The molecule has 1 aliphatic heterocycles. The summed E-state index contributed by atoms with van der Waals surface area (Å²) in [6, 6.07) is 6.31. The predicted molar refractivity (Wildman–Crippen MR) is 80.6 cm³/mol. The number of esters is 1. The van der Waals surface area contributed by atoms with Crippen molar-refractivity contribution in [2.75, 3.05) is 18.5 Å². The molecule has 2 rings (SSSR count). The number of Topliss-reactive ketones (excluding diaryl/α,β-unsaturated/α-hetero) is 1. The molecule has 0 aromatic heterocycles. The van der Waals surface area contributed by atoms with Crippen molar-refractivity contribution in [3.63, 3.8) is 0 Å². The van der Waals surface area contributed by atoms with Gasteiger partial charge in [0, 0.05) is 18.2 Å². The first kappa shape index (κ1) is 16.5. The van der Waals surface area contributed by atoms with Crippen molar-refractivity contribution in [3.8, 4) is 0 Å². The average Bonchev–Trinajstić information content (AvgIpc) is 2.55. The maximum atomic E-state index is 12.2. The molecule has 0 saturated heterocycles. The fraction of sp³-hybridized carbons (Fsp3) is 0.312. The topological polar surface area (TPSA) is 90.9 Å². The lowest BCUT2D eigenvalue weighted by Crippen LogP contribution is -2.27. The van der Waals surface area contributed by atoms with Crippen LogP contribution in [0.1, 0.15) is 24.2 Å². The van der Waals surface area contributed by atoms with Gasteiger partial charge in [0.15, 0.2) is 6.10 Å². The van der Waals surface area contributed by atoms with E-state index < -0.39 is 12.1 Å². The number of nitrogens with one attached hydrogen (secondary N) is 1. The van der Waals surface area contributed by atoms with Gasteiger partial charge in [-0.05, 0) is 31.2 Å². The van der Waals surface area contributed by atoms with E-state index in [2.05, 4.69) is 5.32 Å². The average molecular weight is 319 g/mol. The number of hydrogen-bond donors (Lipinski definition) is 1. The van der Waals surface area contributed by atoms with Crippen molar-refractivity contribution in [3.05, 3.63) is 41.9 Å². The molecule has 0 unspecified atom stereocenters. The Bertz CT molecular complexity index is 634. The maximum Gasteiger partial charge on any atom is 0.377 e. The molecule has 1 aliphatic rings. The summed E-state index contributed by atoms with van der Waals surface area (Å²) in [5.41, 5.74) is 0.950. The first-order valence-corrected chi connectivity index (χ1v) is 7.05. The van der Waals surface area contributed by atoms with Crippen molar-refractivity contribution in [2.45, 2.75) is 20.0 Å². The van der Waals surface area contributed by atoms with Crippen LogP contribution in [-0.4, -0.2) is 37.0 Å². The fourth-order valence-electron chi connectivity index (χ4n) is 1.90. The molecule has 7 nitrogen and oxygen atoms in total. The van der Waals surface area contributed by atoms with Crippen LogP contribution in [0, 0.1) is 0 Å². The number of rotatable bonds is 5. The number of amides is 1. The predicted octanol–water partition coefficient (Wildman–Crippen LogP) is 1.65. The monoisotopic (exact) mass is 319 g/mol. The highest BCUT2D eigenvalue weighted by Crippen LogP contribution is 2.14. The number of carbonyl (C=O) groups is 3. The smallest absolute Gasteiger partial charge is 0.377 e. The Morgan fingerprint density at radius 2 is 1.87 bits per heavy atom. The molecule has 23 heavy (non-hydrogen) atoms. The van der Waals surface area contributed by atoms with Crippen LogP contribution in [0.4, 0.5) is 5.69 Å². The SMILES string of the molecule is CC(=O)Nc1ccc(C(=O)[C@H](C)OC(=O)C2=COCCO2)cc1. The van der Waals surface area contributed by atoms with Crippen LogP contribution in [0.2, 0.25) is 0 Å². The van der Waals surface area contributed by atoms with E-state index in [0.29, 0.717) is 17.9 Å². The number of ether oxygens (including phenoxy) is 3. The van der Waals surface area contributed by atoms with Crippen LogP contribution >= 0.6 is 0 Å². The van der Waals surface area contributed by atoms with Crippen LogP contribution in [0.3, 0.4) is 0 Å². The summed E-state index contributed by atoms with van der Waals surface area (Å²) >= 11 is 0. The van der Waals surface area contributed by atoms with Crippen molar-refractivity contribution < 1.29 is 28.6 Å². The first-order chi connectivity index (χ1) is 11.0. The van der Waals surface area contributed by atoms with Crippen molar-refractivity contribution in [1.29, 1.82) is 0 Å². The third kappa shape index (κ3) is 4.57. The minimum atomic E-state index is -0.972. The number of hydrogen-bond acceptors (Lipinski definition) is 6. The van der Waals surface area contributed by atoms with Crippen LogP contribution in [0.25, 0.3) is 0 Å². The lowest BCUT2D eigenvalue weighted by atomic mass is 10.1. The summed E-state index contributed by atoms with van der Waals surface area (Å²) in [5.74, 6) is -1.36. The maximum absolute atomic E-state index is 12.2. The number of anilines is 1. The zero-order valence-electron chi connectivity index (χ0n) is 12.8. The van der Waals surface area contributed by atoms with E-state index in [1.165, 1.54) is 20.1 Å². The third-order valence-corrected chi connectivity index (χ3v) is 2.99. The summed E-state index contributed by atoms with van der Waals surface area (Å²) < 4.78 is 15.1. The molecule has 0 bridgehead atoms. The third-order valence-electron chi connectivity index (χ3n) is 2.99. The zero-order chi connectivity index (χ0) is 16.8. The zero-order valence-corrected chi connectivity index (χ0v) is 12.8. The Balaban J connectivity index is 1.97. The Labute approximate surface area is 133 Å². The van der Waals surface area contributed by atoms with Gasteiger partial charge in [-0.15, -0.1) is 0 Å². The lowest BCUT2D eigenvalue weighted by molar-refractivity contribution is -0.147. The molecule has 0 radical (unpaired) electrons. The molecule has 0 fully saturated rings. The number of benzene rings is 1. The molecule has 1 N–H and O–H groups in total. The van der Waals surface area contributed by atoms with Crippen LogP contribution in [0.5, 0.6) is 0 Å². The highest BCUT2D eigenvalue weighted by atomic mass is 16.6. The van der Waals surface area contributed by atoms with Gasteiger partial charge < -0.3 is 19.5 Å². The molecule has 7 heteroatoms. The van der Waals surface area contributed by atoms with E-state index >= 15 is 0 Å². The van der Waals surface area contributed by atoms with E-state index in [0.717, 1.165) is 0 Å². The van der Waals surface area contributed by atoms with Gasteiger partial charge in [-0.2, -0.15) is 0 Å². The second-order valence-corrected chi connectivity index (χ2v) is 4.87. The quantitative estimate of drug-likeness (QED) is 0.655. The Hall–Kier alpha value is -2.83. The second kappa shape index (κ2) is 7.44. The van der Waals surface area contributed by atoms with Crippen molar-refractivity contribution in [2.24, 2.45) is 0 Å². The highest BCUT2D eigenvalue weighted by molar-refractivity contribution is 6.01. The van der Waals surface area contributed by atoms with Crippen LogP contribution in [-0.2, 0) is 23.8 Å². The normalized spacial score (nSPS) is 14.6. The number of carbonyl (C=O) groups excluding carboxylic acids is 3. The largest absolute Gasteiger partial charge is 0.493 e. The summed E-state index contributed by atoms with van der Waals surface area (Å²) in [6.45, 7) is 3.50. The van der Waals surface area contributed by atoms with Gasteiger partial charge in [-0.3, -0.25) is 9.59 Å². The van der Waals surface area contributed by atoms with Gasteiger partial charge in [0.1, 0.15) is 19.5 Å². The molecule has 0 spiro atoms. The van der Waals surface area contributed by atoms with Crippen LogP contribution < -0.4 is 5.32 Å². The van der Waals surface area contributed by atoms with Crippen molar-refractivity contribution in [1.82, 2.24) is 0 Å². The van der Waals surface area contributed by atoms with E-state index in [-0.39, 0.29) is 24.1 Å². The van der Waals surface area contributed by atoms with Gasteiger partial charge in [-0.25, -0.2) is 4.79 Å². The van der Waals surface area contributed by atoms with E-state index in [9.17, 15) is 14.4 Å². The van der Waals surface area contributed by atoms with Gasteiger partial charge in [0.25, 0.3) is 0 Å². The van der Waals surface area contributed by atoms with E-state index in [1.807, 2.05) is 0 Å². The summed E-state index contributed by atoms with van der Waals surface area (Å²) in [5, 5.41) is 2.60. The van der Waals surface area contributed by atoms with Crippen LogP contribution in [0.15, 0.2) is 36.3 Å². The highest BCUT2D eigenvalue weighted by Gasteiger charge is 2.24. The minimum Gasteiger partial charge on any atom is -0.493 e. The molecule has 0 saturated carbocycles. The van der Waals surface area contributed by atoms with Crippen molar-refractivity contribution >= 4 is 23.3 Å². The van der Waals surface area contributed by atoms with Gasteiger partial charge in [0.2, 0.25) is 17.4 Å². The molecular weight excluding hydrogens is 302 g/mol. The van der Waals surface area contributed by atoms with E-state index in [4.69, 9.17) is 14.2 Å². The van der Waals surface area contributed by atoms with Gasteiger partial charge in [-0.1, -0.05) is 0 Å². The molecule has 0 aliphatic carbocycles. The molecule has 1 heterocycles. The molecular formula is C16H17NO6. The summed E-state index contributed by atoms with van der Waals surface area (Å²) in [7, 11) is 0. The Kier molecular flexibility index (Phi) is 5.35. The first-order valence-electron chi connectivity index (χ1n) is 7.05. The Morgan fingerprint density at radius 1 is 1.17 bits per heavy atom. The lowest BCUT2D eigenvalue weighted by Gasteiger charge is -2.17. The molecule has 1 amide bonds. The molecule has 1 aromatic rings.